The van der Waals surface area contributed by atoms with Gasteiger partial charge in [-0.25, -0.2) is 18.4 Å². The van der Waals surface area contributed by atoms with Crippen molar-refractivity contribution in [3.63, 3.8) is 0 Å². The number of hydrogen-bond acceptors (Lipinski definition) is 8. The number of aliphatic hydroxyl groups is 3. The summed E-state index contributed by atoms with van der Waals surface area (Å²) in [5.74, 6) is 0. The van der Waals surface area contributed by atoms with Gasteiger partial charge in [0.15, 0.2) is 16.1 Å². The molecule has 10 heteroatoms. The second kappa shape index (κ2) is 7.15. The summed E-state index contributed by atoms with van der Waals surface area (Å²) in [7, 11) is -3.36. The minimum Gasteiger partial charge on any atom is -0.387 e. The Labute approximate surface area is 167 Å². The number of nitrogens with zero attached hydrogens (tertiary/aromatic N) is 3. The smallest absolute Gasteiger partial charge is 0.175 e. The zero-order valence-corrected chi connectivity index (χ0v) is 16.6. The molecule has 3 heterocycles. The van der Waals surface area contributed by atoms with E-state index in [-0.39, 0.29) is 4.90 Å². The van der Waals surface area contributed by atoms with Crippen molar-refractivity contribution in [2.75, 3.05) is 6.26 Å². The van der Waals surface area contributed by atoms with Crippen LogP contribution in [0.5, 0.6) is 0 Å². The first-order chi connectivity index (χ1) is 13.7. The fourth-order valence-corrected chi connectivity index (χ4v) is 4.21. The Kier molecular flexibility index (Phi) is 4.91. The number of ether oxygens (including phenoxy) is 1. The lowest BCUT2D eigenvalue weighted by Gasteiger charge is -2.21. The molecule has 3 aromatic rings. The maximum Gasteiger partial charge on any atom is 0.175 e. The summed E-state index contributed by atoms with van der Waals surface area (Å²) >= 11 is 0. The highest BCUT2D eigenvalue weighted by Gasteiger charge is 2.47. The van der Waals surface area contributed by atoms with E-state index in [0.29, 0.717) is 11.2 Å². The molecule has 0 amide bonds. The maximum absolute atomic E-state index is 11.6. The van der Waals surface area contributed by atoms with Crippen molar-refractivity contribution in [3.8, 4) is 0 Å². The van der Waals surface area contributed by atoms with Crippen LogP contribution in [-0.2, 0) is 14.6 Å². The number of aliphatic hydroxyl groups excluding tert-OH is 3. The molecular weight excluding hydrogens is 398 g/mol. The summed E-state index contributed by atoms with van der Waals surface area (Å²) in [4.78, 5) is 8.47. The van der Waals surface area contributed by atoms with E-state index in [4.69, 9.17) is 4.74 Å². The molecule has 2 aromatic heterocycles. The van der Waals surface area contributed by atoms with Gasteiger partial charge in [0.1, 0.15) is 36.4 Å². The number of sulfone groups is 1. The molecule has 29 heavy (non-hydrogen) atoms. The van der Waals surface area contributed by atoms with E-state index in [2.05, 4.69) is 9.97 Å². The van der Waals surface area contributed by atoms with Crippen LogP contribution in [0.4, 0.5) is 0 Å². The topological polar surface area (TPSA) is 135 Å². The van der Waals surface area contributed by atoms with Crippen LogP contribution in [0.2, 0.25) is 0 Å². The maximum atomic E-state index is 11.6. The van der Waals surface area contributed by atoms with Crippen LogP contribution in [0.1, 0.15) is 23.6 Å². The van der Waals surface area contributed by atoms with Gasteiger partial charge in [0.25, 0.3) is 0 Å². The van der Waals surface area contributed by atoms with E-state index in [1.807, 2.05) is 6.92 Å². The van der Waals surface area contributed by atoms with Gasteiger partial charge in [0.2, 0.25) is 0 Å². The van der Waals surface area contributed by atoms with Crippen molar-refractivity contribution in [1.82, 2.24) is 14.5 Å². The Balaban J connectivity index is 1.62. The van der Waals surface area contributed by atoms with Crippen molar-refractivity contribution in [3.05, 3.63) is 54.1 Å². The Hall–Kier alpha value is -2.37. The van der Waals surface area contributed by atoms with Gasteiger partial charge in [0.05, 0.1) is 10.6 Å². The van der Waals surface area contributed by atoms with E-state index in [0.717, 1.165) is 17.3 Å². The second-order valence-electron chi connectivity index (χ2n) is 7.18. The Bertz CT molecular complexity index is 1140. The Morgan fingerprint density at radius 3 is 2.45 bits per heavy atom. The van der Waals surface area contributed by atoms with E-state index in [1.54, 1.807) is 16.8 Å². The third-order valence-corrected chi connectivity index (χ3v) is 6.35. The molecule has 5 atom stereocenters. The van der Waals surface area contributed by atoms with Crippen molar-refractivity contribution in [2.24, 2.45) is 0 Å². The number of aromatic nitrogens is 3. The monoisotopic (exact) mass is 419 g/mol. The molecule has 1 aromatic carbocycles. The average molecular weight is 419 g/mol. The lowest BCUT2D eigenvalue weighted by atomic mass is 9.99. The first-order valence-corrected chi connectivity index (χ1v) is 10.9. The van der Waals surface area contributed by atoms with Crippen LogP contribution >= 0.6 is 0 Å². The molecule has 0 bridgehead atoms. The molecule has 0 radical (unpaired) electrons. The van der Waals surface area contributed by atoms with E-state index in [1.165, 1.54) is 30.6 Å². The highest BCUT2D eigenvalue weighted by Crippen LogP contribution is 2.37. The lowest BCUT2D eigenvalue weighted by molar-refractivity contribution is -0.0848. The molecular formula is C19H21N3O6S. The standard InChI is InChI=1S/C19H21N3O6S/c1-10-13-7-8-22(18(13)21-9-20-10)19-16(25)15(24)17(28-19)14(23)11-3-5-12(6-4-11)29(2,26)27/h3-9,14-17,19,23-25H,1-2H3/t14-,15+,16-,17-,19-/m1/s1. The van der Waals surface area contributed by atoms with Crippen molar-refractivity contribution < 1.29 is 28.5 Å². The zero-order chi connectivity index (χ0) is 20.9. The Morgan fingerprint density at radius 2 is 1.79 bits per heavy atom. The lowest BCUT2D eigenvalue weighted by Crippen LogP contribution is -2.34. The molecule has 4 rings (SSSR count). The largest absolute Gasteiger partial charge is 0.387 e. The van der Waals surface area contributed by atoms with Gasteiger partial charge in [0, 0.05) is 17.8 Å². The number of aryl methyl sites for hydroxylation is 1. The molecule has 0 spiro atoms. The molecule has 9 nitrogen and oxygen atoms in total. The molecule has 1 aliphatic heterocycles. The van der Waals surface area contributed by atoms with Gasteiger partial charge in [-0.15, -0.1) is 0 Å². The van der Waals surface area contributed by atoms with Gasteiger partial charge in [-0.2, -0.15) is 0 Å². The van der Waals surface area contributed by atoms with Gasteiger partial charge in [-0.1, -0.05) is 12.1 Å². The van der Waals surface area contributed by atoms with Crippen LogP contribution in [-0.4, -0.2) is 62.8 Å². The van der Waals surface area contributed by atoms with Gasteiger partial charge in [-0.05, 0) is 30.7 Å². The fourth-order valence-electron chi connectivity index (χ4n) is 3.58. The molecule has 1 saturated heterocycles. The molecule has 1 aliphatic rings. The summed E-state index contributed by atoms with van der Waals surface area (Å²) < 4.78 is 30.6. The minimum absolute atomic E-state index is 0.119. The van der Waals surface area contributed by atoms with Gasteiger partial charge < -0.3 is 24.6 Å². The highest BCUT2D eigenvalue weighted by molar-refractivity contribution is 7.90. The molecule has 0 unspecified atom stereocenters. The highest BCUT2D eigenvalue weighted by atomic mass is 32.2. The first kappa shape index (κ1) is 19.9. The average Bonchev–Trinajstić information content (AvgIpc) is 3.23. The quantitative estimate of drug-likeness (QED) is 0.556. The second-order valence-corrected chi connectivity index (χ2v) is 9.19. The Morgan fingerprint density at radius 1 is 1.10 bits per heavy atom. The summed E-state index contributed by atoms with van der Waals surface area (Å²) in [6.45, 7) is 1.84. The summed E-state index contributed by atoms with van der Waals surface area (Å²) in [6, 6.07) is 7.46. The van der Waals surface area contributed by atoms with Gasteiger partial charge >= 0.3 is 0 Å². The molecule has 1 fully saturated rings. The predicted octanol–water partition coefficient (Wildman–Crippen LogP) is 0.496. The van der Waals surface area contributed by atoms with E-state index in [9.17, 15) is 23.7 Å². The van der Waals surface area contributed by atoms with Crippen LogP contribution in [0.15, 0.2) is 47.8 Å². The minimum atomic E-state index is -3.36. The number of rotatable bonds is 4. The molecule has 154 valence electrons. The van der Waals surface area contributed by atoms with Crippen molar-refractivity contribution in [2.45, 2.75) is 42.5 Å². The molecule has 3 N–H and O–H groups in total. The summed E-state index contributed by atoms with van der Waals surface area (Å²) in [5, 5.41) is 32.5. The SMILES string of the molecule is Cc1ncnc2c1ccn2[C@@H]1O[C@H]([C@H](O)c2ccc(S(C)(=O)=O)cc2)[C@@H](O)[C@H]1O. The normalized spacial score (nSPS) is 26.1. The van der Waals surface area contributed by atoms with Crippen molar-refractivity contribution >= 4 is 20.9 Å². The van der Waals surface area contributed by atoms with Crippen LogP contribution in [0, 0.1) is 6.92 Å². The van der Waals surface area contributed by atoms with E-state index >= 15 is 0 Å². The van der Waals surface area contributed by atoms with Crippen LogP contribution < -0.4 is 0 Å². The molecule has 0 saturated carbocycles. The molecule has 0 aliphatic carbocycles. The summed E-state index contributed by atoms with van der Waals surface area (Å²) in [6.07, 6.45) is -1.80. The third-order valence-electron chi connectivity index (χ3n) is 5.22. The predicted molar refractivity (Wildman–Crippen MR) is 103 cm³/mol. The number of benzene rings is 1. The van der Waals surface area contributed by atoms with E-state index < -0.39 is 40.5 Å². The summed E-state index contributed by atoms with van der Waals surface area (Å²) in [5.41, 5.74) is 1.68. The van der Waals surface area contributed by atoms with Gasteiger partial charge in [-0.3, -0.25) is 0 Å². The third kappa shape index (κ3) is 3.43. The van der Waals surface area contributed by atoms with Crippen LogP contribution in [0.3, 0.4) is 0 Å². The van der Waals surface area contributed by atoms with Crippen LogP contribution in [0.25, 0.3) is 11.0 Å². The number of fused-ring (bicyclic) bond motifs is 1. The zero-order valence-electron chi connectivity index (χ0n) is 15.7. The first-order valence-electron chi connectivity index (χ1n) is 8.96. The number of hydrogen-bond donors (Lipinski definition) is 3. The van der Waals surface area contributed by atoms with Crippen molar-refractivity contribution in [1.29, 1.82) is 0 Å². The fraction of sp³-hybridized carbons (Fsp3) is 0.368.